The molecule has 2 aromatic heterocycles. The van der Waals surface area contributed by atoms with Gasteiger partial charge in [-0.2, -0.15) is 4.98 Å². The molecule has 2 atom stereocenters. The predicted octanol–water partition coefficient (Wildman–Crippen LogP) is 4.98. The van der Waals surface area contributed by atoms with E-state index < -0.39 is 22.8 Å². The first-order valence-electron chi connectivity index (χ1n) is 10.2. The van der Waals surface area contributed by atoms with Crippen molar-refractivity contribution < 1.29 is 22.8 Å². The van der Waals surface area contributed by atoms with E-state index in [1.165, 1.54) is 24.3 Å². The molecule has 168 valence electrons. The van der Waals surface area contributed by atoms with Gasteiger partial charge in [-0.3, -0.25) is 0 Å². The molecule has 0 radical (unpaired) electrons. The fourth-order valence-corrected chi connectivity index (χ4v) is 4.10. The minimum absolute atomic E-state index is 0.0676. The summed E-state index contributed by atoms with van der Waals surface area (Å²) in [7, 11) is 0. The van der Waals surface area contributed by atoms with E-state index in [9.17, 15) is 13.3 Å². The molecule has 0 amide bonds. The van der Waals surface area contributed by atoms with E-state index in [-0.39, 0.29) is 24.0 Å². The van der Waals surface area contributed by atoms with Crippen LogP contribution >= 0.6 is 0 Å². The SMILES string of the molecule is CC1CCCOc2cc(ccc2F)-c2cc(ncc2F)Nc2cc(C[S+](C)[O-])cc(n2)O1. The first kappa shape index (κ1) is 22.3. The highest BCUT2D eigenvalue weighted by Gasteiger charge is 2.15. The zero-order valence-corrected chi connectivity index (χ0v) is 18.5. The molecule has 4 rings (SSSR count). The summed E-state index contributed by atoms with van der Waals surface area (Å²) >= 11 is -1.05. The second-order valence-electron chi connectivity index (χ2n) is 7.66. The Balaban J connectivity index is 1.77. The summed E-state index contributed by atoms with van der Waals surface area (Å²) < 4.78 is 52.1. The van der Waals surface area contributed by atoms with E-state index >= 15 is 0 Å². The summed E-state index contributed by atoms with van der Waals surface area (Å²) in [6, 6.07) is 9.28. The van der Waals surface area contributed by atoms with Crippen LogP contribution in [0.3, 0.4) is 0 Å². The number of fused-ring (bicyclic) bond motifs is 7. The van der Waals surface area contributed by atoms with Crippen LogP contribution in [0.15, 0.2) is 42.6 Å². The maximum absolute atomic E-state index is 14.6. The molecule has 6 nitrogen and oxygen atoms in total. The molecule has 9 heteroatoms. The molecule has 1 aromatic carbocycles. The van der Waals surface area contributed by atoms with Crippen LogP contribution in [-0.4, -0.2) is 33.5 Å². The van der Waals surface area contributed by atoms with Crippen LogP contribution in [-0.2, 0) is 16.9 Å². The first-order valence-corrected chi connectivity index (χ1v) is 11.9. The van der Waals surface area contributed by atoms with Crippen molar-refractivity contribution in [2.75, 3.05) is 18.2 Å². The van der Waals surface area contributed by atoms with Crippen molar-refractivity contribution in [1.29, 1.82) is 0 Å². The highest BCUT2D eigenvalue weighted by atomic mass is 32.2. The summed E-state index contributed by atoms with van der Waals surface area (Å²) in [4.78, 5) is 8.58. The number of ether oxygens (including phenoxy) is 2. The Kier molecular flexibility index (Phi) is 6.76. The third kappa shape index (κ3) is 5.46. The maximum atomic E-state index is 14.6. The molecule has 1 aliphatic heterocycles. The van der Waals surface area contributed by atoms with Gasteiger partial charge in [-0.05, 0) is 49.6 Å². The molecule has 32 heavy (non-hydrogen) atoms. The number of hydrogen-bond acceptors (Lipinski definition) is 6. The highest BCUT2D eigenvalue weighted by Crippen LogP contribution is 2.31. The molecule has 1 N–H and O–H groups in total. The molecule has 0 saturated carbocycles. The van der Waals surface area contributed by atoms with Gasteiger partial charge in [0.25, 0.3) is 0 Å². The molecule has 0 spiro atoms. The number of anilines is 2. The summed E-state index contributed by atoms with van der Waals surface area (Å²) in [6.45, 7) is 2.20. The summed E-state index contributed by atoms with van der Waals surface area (Å²) in [6.07, 6.45) is 3.84. The Hall–Kier alpha value is -2.91. The number of pyridine rings is 2. The third-order valence-corrected chi connectivity index (χ3v) is 5.66. The second kappa shape index (κ2) is 9.70. The smallest absolute Gasteiger partial charge is 0.215 e. The number of nitrogens with zero attached hydrogens (tertiary/aromatic N) is 2. The van der Waals surface area contributed by atoms with E-state index in [1.807, 2.05) is 6.92 Å². The Labute approximate surface area is 188 Å². The number of halogens is 2. The van der Waals surface area contributed by atoms with Gasteiger partial charge in [-0.25, -0.2) is 13.8 Å². The van der Waals surface area contributed by atoms with Crippen LogP contribution in [0.25, 0.3) is 11.1 Å². The monoisotopic (exact) mass is 459 g/mol. The molecular formula is C23H23F2N3O3S. The van der Waals surface area contributed by atoms with Gasteiger partial charge in [0, 0.05) is 17.2 Å². The molecule has 3 heterocycles. The standard InChI is InChI=1S/C23H23F2N3O3S/c1-14-4-3-7-30-20-10-16(5-6-18(20)24)17-11-21(26-12-19(17)25)27-22-8-15(13-32(2)29)9-23(28-22)31-14/h5-6,8-12,14H,3-4,7,13H2,1-2H3,(H,26,27,28). The van der Waals surface area contributed by atoms with E-state index in [4.69, 9.17) is 9.47 Å². The molecule has 3 aromatic rings. The van der Waals surface area contributed by atoms with Gasteiger partial charge < -0.3 is 19.3 Å². The Morgan fingerprint density at radius 3 is 2.81 bits per heavy atom. The lowest BCUT2D eigenvalue weighted by atomic mass is 10.1. The minimum atomic E-state index is -1.05. The fourth-order valence-electron chi connectivity index (χ4n) is 3.46. The number of nitrogens with one attached hydrogen (secondary N) is 1. The highest BCUT2D eigenvalue weighted by molar-refractivity contribution is 7.89. The maximum Gasteiger partial charge on any atom is 0.215 e. The van der Waals surface area contributed by atoms with Crippen LogP contribution in [0.5, 0.6) is 11.6 Å². The van der Waals surface area contributed by atoms with Crippen LogP contribution in [0, 0.1) is 11.6 Å². The van der Waals surface area contributed by atoms with E-state index in [2.05, 4.69) is 15.3 Å². The van der Waals surface area contributed by atoms with Crippen LogP contribution in [0.1, 0.15) is 25.3 Å². The van der Waals surface area contributed by atoms with Crippen molar-refractivity contribution in [2.24, 2.45) is 0 Å². The zero-order valence-electron chi connectivity index (χ0n) is 17.7. The zero-order chi connectivity index (χ0) is 22.7. The number of benzene rings is 1. The van der Waals surface area contributed by atoms with Crippen LogP contribution in [0.4, 0.5) is 20.4 Å². The van der Waals surface area contributed by atoms with Gasteiger partial charge in [-0.1, -0.05) is 17.2 Å². The molecule has 2 unspecified atom stereocenters. The fraction of sp³-hybridized carbons (Fsp3) is 0.304. The van der Waals surface area contributed by atoms with Crippen LogP contribution < -0.4 is 14.8 Å². The lowest BCUT2D eigenvalue weighted by molar-refractivity contribution is 0.186. The topological polar surface area (TPSA) is 79.3 Å². The van der Waals surface area contributed by atoms with Gasteiger partial charge in [-0.15, -0.1) is 0 Å². The first-order chi connectivity index (χ1) is 15.4. The van der Waals surface area contributed by atoms with Gasteiger partial charge in [0.15, 0.2) is 11.6 Å². The second-order valence-corrected chi connectivity index (χ2v) is 9.09. The largest absolute Gasteiger partial charge is 0.616 e. The van der Waals surface area contributed by atoms with Gasteiger partial charge in [0.1, 0.15) is 23.2 Å². The lowest BCUT2D eigenvalue weighted by Gasteiger charge is -2.17. The van der Waals surface area contributed by atoms with Crippen molar-refractivity contribution in [3.8, 4) is 22.8 Å². The summed E-state index contributed by atoms with van der Waals surface area (Å²) in [5, 5.41) is 3.07. The van der Waals surface area contributed by atoms with Crippen molar-refractivity contribution in [3.63, 3.8) is 0 Å². The van der Waals surface area contributed by atoms with Crippen molar-refractivity contribution in [3.05, 3.63) is 59.8 Å². The third-order valence-electron chi connectivity index (χ3n) is 4.92. The quantitative estimate of drug-likeness (QED) is 0.545. The molecule has 6 bridgehead atoms. The molecule has 0 fully saturated rings. The predicted molar refractivity (Wildman–Crippen MR) is 120 cm³/mol. The molecular weight excluding hydrogens is 436 g/mol. The van der Waals surface area contributed by atoms with Crippen LogP contribution in [0.2, 0.25) is 0 Å². The van der Waals surface area contributed by atoms with Gasteiger partial charge >= 0.3 is 0 Å². The lowest BCUT2D eigenvalue weighted by Crippen LogP contribution is -2.15. The van der Waals surface area contributed by atoms with Crippen molar-refractivity contribution >= 4 is 22.8 Å². The number of aromatic nitrogens is 2. The van der Waals surface area contributed by atoms with Gasteiger partial charge in [0.2, 0.25) is 5.88 Å². The van der Waals surface area contributed by atoms with Gasteiger partial charge in [0.05, 0.1) is 25.2 Å². The number of hydrogen-bond donors (Lipinski definition) is 1. The van der Waals surface area contributed by atoms with E-state index in [0.717, 1.165) is 11.8 Å². The summed E-state index contributed by atoms with van der Waals surface area (Å²) in [5.74, 6) is 0.530. The van der Waals surface area contributed by atoms with E-state index in [0.29, 0.717) is 41.7 Å². The number of rotatable bonds is 2. The average molecular weight is 460 g/mol. The molecule has 0 aliphatic carbocycles. The van der Waals surface area contributed by atoms with Crippen molar-refractivity contribution in [2.45, 2.75) is 31.6 Å². The van der Waals surface area contributed by atoms with E-state index in [1.54, 1.807) is 18.4 Å². The minimum Gasteiger partial charge on any atom is -0.616 e. The van der Waals surface area contributed by atoms with Crippen molar-refractivity contribution in [1.82, 2.24) is 9.97 Å². The average Bonchev–Trinajstić information content (AvgIpc) is 2.72. The molecule has 0 saturated heterocycles. The Morgan fingerprint density at radius 2 is 2.00 bits per heavy atom. The molecule has 1 aliphatic rings. The Morgan fingerprint density at radius 1 is 1.16 bits per heavy atom. The normalized spacial score (nSPS) is 17.0. The Bertz CT molecular complexity index is 1110. The summed E-state index contributed by atoms with van der Waals surface area (Å²) in [5.41, 5.74) is 1.51.